The van der Waals surface area contributed by atoms with Crippen molar-refractivity contribution in [2.45, 2.75) is 20.8 Å². The fraction of sp³-hybridized carbons (Fsp3) is 0.231. The second-order valence-electron chi connectivity index (χ2n) is 3.96. The molecule has 0 radical (unpaired) electrons. The van der Waals surface area contributed by atoms with E-state index in [0.717, 1.165) is 16.9 Å². The predicted molar refractivity (Wildman–Crippen MR) is 62.5 cm³/mol. The van der Waals surface area contributed by atoms with Gasteiger partial charge in [-0.3, -0.25) is 0 Å². The van der Waals surface area contributed by atoms with Crippen molar-refractivity contribution in [2.75, 3.05) is 0 Å². The number of rotatable bonds is 1. The lowest BCUT2D eigenvalue weighted by Gasteiger charge is -2.08. The Bertz CT molecular complexity index is 573. The maximum Gasteiger partial charge on any atom is 0.103 e. The summed E-state index contributed by atoms with van der Waals surface area (Å²) in [5, 5.41) is 13.1. The summed E-state index contributed by atoms with van der Waals surface area (Å²) in [5.74, 6) is 0. The van der Waals surface area contributed by atoms with Gasteiger partial charge in [-0.15, -0.1) is 0 Å². The Labute approximate surface area is 94.9 Å². The van der Waals surface area contributed by atoms with Gasteiger partial charge < -0.3 is 0 Å². The van der Waals surface area contributed by atoms with Gasteiger partial charge >= 0.3 is 0 Å². The Hall–Kier alpha value is -2.08. The Morgan fingerprint density at radius 2 is 2.00 bits per heavy atom. The maximum absolute atomic E-state index is 8.89. The second-order valence-corrected chi connectivity index (χ2v) is 3.96. The lowest BCUT2D eigenvalue weighted by molar-refractivity contribution is 0.839. The van der Waals surface area contributed by atoms with Gasteiger partial charge in [-0.1, -0.05) is 17.7 Å². The third kappa shape index (κ3) is 1.59. The van der Waals surface area contributed by atoms with Crippen LogP contribution in [0.4, 0.5) is 0 Å². The molecule has 0 fully saturated rings. The molecule has 2 rings (SSSR count). The van der Waals surface area contributed by atoms with E-state index in [2.05, 4.69) is 37.1 Å². The molecule has 0 saturated carbocycles. The van der Waals surface area contributed by atoms with Gasteiger partial charge in [0.2, 0.25) is 0 Å². The van der Waals surface area contributed by atoms with Crippen LogP contribution >= 0.6 is 0 Å². The lowest BCUT2D eigenvalue weighted by Crippen LogP contribution is -2.01. The zero-order chi connectivity index (χ0) is 11.7. The van der Waals surface area contributed by atoms with Crippen LogP contribution in [-0.2, 0) is 0 Å². The van der Waals surface area contributed by atoms with Crippen LogP contribution in [0, 0.1) is 32.1 Å². The third-order valence-corrected chi connectivity index (χ3v) is 2.71. The van der Waals surface area contributed by atoms with Gasteiger partial charge in [0, 0.05) is 0 Å². The molecule has 0 spiro atoms. The summed E-state index contributed by atoms with van der Waals surface area (Å²) in [5.41, 5.74) is 4.93. The number of nitrogens with zero attached hydrogens (tertiary/aromatic N) is 3. The molecule has 0 atom stereocenters. The minimum Gasteiger partial charge on any atom is -0.236 e. The van der Waals surface area contributed by atoms with E-state index in [1.54, 1.807) is 6.20 Å². The average Bonchev–Trinajstić information content (AvgIpc) is 2.60. The van der Waals surface area contributed by atoms with Crippen molar-refractivity contribution in [3.63, 3.8) is 0 Å². The summed E-state index contributed by atoms with van der Waals surface area (Å²) < 4.78 is 1.81. The minimum atomic E-state index is 0.625. The summed E-state index contributed by atoms with van der Waals surface area (Å²) in [7, 11) is 0. The van der Waals surface area contributed by atoms with E-state index < -0.39 is 0 Å². The van der Waals surface area contributed by atoms with Crippen molar-refractivity contribution >= 4 is 0 Å². The highest BCUT2D eigenvalue weighted by atomic mass is 15.3. The average molecular weight is 211 g/mol. The quantitative estimate of drug-likeness (QED) is 0.727. The first-order valence-corrected chi connectivity index (χ1v) is 5.16. The Morgan fingerprint density at radius 3 is 2.56 bits per heavy atom. The fourth-order valence-corrected chi connectivity index (χ4v) is 1.81. The number of aryl methyl sites for hydroxylation is 2. The number of hydrogen-bond acceptors (Lipinski definition) is 2. The molecule has 0 aliphatic rings. The van der Waals surface area contributed by atoms with E-state index in [1.807, 2.05) is 17.7 Å². The van der Waals surface area contributed by atoms with Crippen molar-refractivity contribution in [1.82, 2.24) is 9.78 Å². The molecule has 0 unspecified atom stereocenters. The van der Waals surface area contributed by atoms with Crippen molar-refractivity contribution in [1.29, 1.82) is 5.26 Å². The third-order valence-electron chi connectivity index (χ3n) is 2.71. The highest BCUT2D eigenvalue weighted by Crippen LogP contribution is 2.18. The summed E-state index contributed by atoms with van der Waals surface area (Å²) in [6.45, 7) is 6.02. The largest absolute Gasteiger partial charge is 0.236 e. The Kier molecular flexibility index (Phi) is 2.49. The molecule has 1 heterocycles. The number of aromatic nitrogens is 2. The molecular weight excluding hydrogens is 198 g/mol. The molecule has 1 aromatic carbocycles. The molecule has 0 amide bonds. The number of nitriles is 1. The highest BCUT2D eigenvalue weighted by molar-refractivity contribution is 5.45. The Balaban J connectivity index is 2.60. The van der Waals surface area contributed by atoms with Gasteiger partial charge in [0.05, 0.1) is 23.1 Å². The van der Waals surface area contributed by atoms with Crippen LogP contribution in [0.2, 0.25) is 0 Å². The van der Waals surface area contributed by atoms with E-state index in [1.165, 1.54) is 5.56 Å². The number of hydrogen-bond donors (Lipinski definition) is 0. The van der Waals surface area contributed by atoms with Gasteiger partial charge in [0.25, 0.3) is 0 Å². The van der Waals surface area contributed by atoms with Crippen LogP contribution < -0.4 is 0 Å². The molecule has 1 aromatic heterocycles. The monoisotopic (exact) mass is 211 g/mol. The first-order valence-electron chi connectivity index (χ1n) is 5.16. The Morgan fingerprint density at radius 1 is 1.25 bits per heavy atom. The van der Waals surface area contributed by atoms with Crippen LogP contribution in [0.3, 0.4) is 0 Å². The van der Waals surface area contributed by atoms with Crippen molar-refractivity contribution in [2.24, 2.45) is 0 Å². The highest BCUT2D eigenvalue weighted by Gasteiger charge is 2.09. The standard InChI is InChI=1S/C13H13N3/c1-9-4-5-13(10(2)6-9)16-11(3)12(7-14)8-15-16/h4-6,8H,1-3H3. The van der Waals surface area contributed by atoms with Gasteiger partial charge in [0.1, 0.15) is 6.07 Å². The van der Waals surface area contributed by atoms with E-state index in [-0.39, 0.29) is 0 Å². The first-order chi connectivity index (χ1) is 7.63. The number of benzene rings is 1. The van der Waals surface area contributed by atoms with Crippen LogP contribution in [0.1, 0.15) is 22.4 Å². The summed E-state index contributed by atoms with van der Waals surface area (Å²) in [6, 6.07) is 8.33. The van der Waals surface area contributed by atoms with Crippen molar-refractivity contribution in [3.8, 4) is 11.8 Å². The predicted octanol–water partition coefficient (Wildman–Crippen LogP) is 2.67. The van der Waals surface area contributed by atoms with Gasteiger partial charge in [0.15, 0.2) is 0 Å². The summed E-state index contributed by atoms with van der Waals surface area (Å²) in [6.07, 6.45) is 1.61. The lowest BCUT2D eigenvalue weighted by atomic mass is 10.1. The molecule has 0 N–H and O–H groups in total. The second kappa shape index (κ2) is 3.82. The van der Waals surface area contributed by atoms with Crippen LogP contribution in [0.5, 0.6) is 0 Å². The van der Waals surface area contributed by atoms with E-state index >= 15 is 0 Å². The molecule has 3 nitrogen and oxygen atoms in total. The van der Waals surface area contributed by atoms with Gasteiger partial charge in [-0.2, -0.15) is 10.4 Å². The molecule has 2 aromatic rings. The van der Waals surface area contributed by atoms with E-state index in [9.17, 15) is 0 Å². The fourth-order valence-electron chi connectivity index (χ4n) is 1.81. The maximum atomic E-state index is 8.89. The zero-order valence-corrected chi connectivity index (χ0v) is 9.65. The zero-order valence-electron chi connectivity index (χ0n) is 9.65. The molecule has 0 aliphatic heterocycles. The molecule has 0 saturated heterocycles. The normalized spacial score (nSPS) is 10.1. The van der Waals surface area contributed by atoms with E-state index in [4.69, 9.17) is 5.26 Å². The van der Waals surface area contributed by atoms with Crippen molar-refractivity contribution in [3.05, 3.63) is 46.8 Å². The van der Waals surface area contributed by atoms with Crippen molar-refractivity contribution < 1.29 is 0 Å². The summed E-state index contributed by atoms with van der Waals surface area (Å²) >= 11 is 0. The SMILES string of the molecule is Cc1ccc(-n2ncc(C#N)c2C)c(C)c1. The topological polar surface area (TPSA) is 41.6 Å². The summed E-state index contributed by atoms with van der Waals surface area (Å²) in [4.78, 5) is 0. The first kappa shape index (κ1) is 10.4. The molecule has 80 valence electrons. The van der Waals surface area contributed by atoms with Gasteiger partial charge in [-0.25, -0.2) is 4.68 Å². The molecule has 16 heavy (non-hydrogen) atoms. The van der Waals surface area contributed by atoms with Crippen LogP contribution in [0.25, 0.3) is 5.69 Å². The van der Waals surface area contributed by atoms with Crippen LogP contribution in [0.15, 0.2) is 24.4 Å². The van der Waals surface area contributed by atoms with E-state index in [0.29, 0.717) is 5.56 Å². The van der Waals surface area contributed by atoms with Gasteiger partial charge in [-0.05, 0) is 32.4 Å². The minimum absolute atomic E-state index is 0.625. The molecular formula is C13H13N3. The molecule has 3 heteroatoms. The smallest absolute Gasteiger partial charge is 0.103 e. The molecule has 0 bridgehead atoms. The molecule has 0 aliphatic carbocycles. The van der Waals surface area contributed by atoms with Crippen LogP contribution in [-0.4, -0.2) is 9.78 Å².